The second-order valence-corrected chi connectivity index (χ2v) is 8.49. The van der Waals surface area contributed by atoms with E-state index >= 15 is 0 Å². The van der Waals surface area contributed by atoms with Crippen molar-refractivity contribution < 1.29 is 23.8 Å². The lowest BCUT2D eigenvalue weighted by atomic mass is 9.92. The van der Waals surface area contributed by atoms with Gasteiger partial charge in [-0.1, -0.05) is 35.9 Å². The highest BCUT2D eigenvalue weighted by atomic mass is 16.6. The van der Waals surface area contributed by atoms with Gasteiger partial charge in [0.1, 0.15) is 18.0 Å². The Morgan fingerprint density at radius 3 is 2.57 bits per heavy atom. The van der Waals surface area contributed by atoms with E-state index in [9.17, 15) is 9.59 Å². The number of hydrogen-bond donors (Lipinski definition) is 0. The van der Waals surface area contributed by atoms with Gasteiger partial charge >= 0.3 is 12.1 Å². The van der Waals surface area contributed by atoms with E-state index < -0.39 is 23.7 Å². The van der Waals surface area contributed by atoms with Crippen LogP contribution in [-0.2, 0) is 27.3 Å². The number of rotatable bonds is 4. The van der Waals surface area contributed by atoms with Crippen LogP contribution in [0, 0.1) is 6.92 Å². The maximum Gasteiger partial charge on any atom is 0.411 e. The summed E-state index contributed by atoms with van der Waals surface area (Å²) < 4.78 is 16.4. The molecule has 30 heavy (non-hydrogen) atoms. The molecule has 1 aliphatic heterocycles. The fourth-order valence-corrected chi connectivity index (χ4v) is 3.54. The molecule has 1 heterocycles. The van der Waals surface area contributed by atoms with Crippen molar-refractivity contribution in [2.45, 2.75) is 52.4 Å². The minimum Gasteiger partial charge on any atom is -0.489 e. The van der Waals surface area contributed by atoms with E-state index in [0.29, 0.717) is 19.6 Å². The molecule has 1 aliphatic rings. The van der Waals surface area contributed by atoms with Gasteiger partial charge in [0.25, 0.3) is 0 Å². The van der Waals surface area contributed by atoms with Crippen LogP contribution >= 0.6 is 0 Å². The smallest absolute Gasteiger partial charge is 0.411 e. The number of carbonyl (C=O) groups is 2. The van der Waals surface area contributed by atoms with E-state index in [4.69, 9.17) is 14.2 Å². The van der Waals surface area contributed by atoms with Gasteiger partial charge in [-0.25, -0.2) is 9.59 Å². The van der Waals surface area contributed by atoms with Crippen LogP contribution in [0.2, 0.25) is 0 Å². The van der Waals surface area contributed by atoms with Gasteiger partial charge in [-0.05, 0) is 62.9 Å². The summed E-state index contributed by atoms with van der Waals surface area (Å²) in [6.07, 6.45) is 0.0762. The zero-order valence-electron chi connectivity index (χ0n) is 18.2. The number of hydrogen-bond acceptors (Lipinski definition) is 5. The number of methoxy groups -OCH3 is 1. The predicted molar refractivity (Wildman–Crippen MR) is 113 cm³/mol. The summed E-state index contributed by atoms with van der Waals surface area (Å²) in [5.74, 6) is 0.236. The molecule has 0 aromatic heterocycles. The second-order valence-electron chi connectivity index (χ2n) is 8.49. The van der Waals surface area contributed by atoms with E-state index in [0.717, 1.165) is 22.4 Å². The molecule has 6 nitrogen and oxygen atoms in total. The first-order chi connectivity index (χ1) is 14.2. The van der Waals surface area contributed by atoms with Crippen molar-refractivity contribution in [3.63, 3.8) is 0 Å². The molecule has 1 amide bonds. The topological polar surface area (TPSA) is 65.1 Å². The average molecular weight is 411 g/mol. The third-order valence-corrected chi connectivity index (χ3v) is 4.88. The maximum absolute atomic E-state index is 12.7. The third-order valence-electron chi connectivity index (χ3n) is 4.88. The van der Waals surface area contributed by atoms with E-state index in [2.05, 4.69) is 6.07 Å². The monoisotopic (exact) mass is 411 g/mol. The summed E-state index contributed by atoms with van der Waals surface area (Å²) in [4.78, 5) is 26.7. The van der Waals surface area contributed by atoms with Crippen LogP contribution in [0.1, 0.15) is 49.1 Å². The van der Waals surface area contributed by atoms with Crippen molar-refractivity contribution in [2.24, 2.45) is 0 Å². The Labute approximate surface area is 177 Å². The molecule has 0 spiro atoms. The highest BCUT2D eigenvalue weighted by Gasteiger charge is 2.39. The lowest BCUT2D eigenvalue weighted by molar-refractivity contribution is -0.147. The molecule has 2 aromatic carbocycles. The van der Waals surface area contributed by atoms with Gasteiger partial charge in [-0.15, -0.1) is 0 Å². The summed E-state index contributed by atoms with van der Waals surface area (Å²) in [6.45, 7) is 8.27. The largest absolute Gasteiger partial charge is 0.489 e. The molecule has 2 aromatic rings. The van der Waals surface area contributed by atoms with Crippen LogP contribution in [0.15, 0.2) is 42.5 Å². The van der Waals surface area contributed by atoms with E-state index in [1.165, 1.54) is 17.6 Å². The highest BCUT2D eigenvalue weighted by molar-refractivity contribution is 5.84. The van der Waals surface area contributed by atoms with Crippen LogP contribution < -0.4 is 4.74 Å². The number of fused-ring (bicyclic) bond motifs is 1. The molecule has 0 unspecified atom stereocenters. The van der Waals surface area contributed by atoms with Crippen LogP contribution in [0.4, 0.5) is 4.79 Å². The van der Waals surface area contributed by atoms with Gasteiger partial charge in [-0.3, -0.25) is 4.90 Å². The van der Waals surface area contributed by atoms with Gasteiger partial charge in [0.2, 0.25) is 0 Å². The summed E-state index contributed by atoms with van der Waals surface area (Å²) in [7, 11) is 1.32. The second kappa shape index (κ2) is 8.78. The number of esters is 1. The van der Waals surface area contributed by atoms with E-state index in [1.54, 1.807) is 20.8 Å². The van der Waals surface area contributed by atoms with Crippen molar-refractivity contribution in [2.75, 3.05) is 13.7 Å². The zero-order valence-corrected chi connectivity index (χ0v) is 18.2. The molecule has 6 heteroatoms. The fourth-order valence-electron chi connectivity index (χ4n) is 3.54. The molecule has 0 saturated carbocycles. The fraction of sp³-hybridized carbons (Fsp3) is 0.417. The first-order valence-electron chi connectivity index (χ1n) is 10.1. The number of ether oxygens (including phenoxy) is 3. The first-order valence-corrected chi connectivity index (χ1v) is 10.1. The maximum atomic E-state index is 12.7. The van der Waals surface area contributed by atoms with Crippen molar-refractivity contribution in [3.05, 3.63) is 64.7 Å². The molecule has 160 valence electrons. The lowest BCUT2D eigenvalue weighted by Gasteiger charge is -2.36. The molecular weight excluding hydrogens is 382 g/mol. The molecule has 0 N–H and O–H groups in total. The minimum atomic E-state index is -0.834. The Kier molecular flexibility index (Phi) is 6.34. The summed E-state index contributed by atoms with van der Waals surface area (Å²) in [6, 6.07) is 12.9. The number of aryl methyl sites for hydroxylation is 1. The molecule has 3 rings (SSSR count). The number of carbonyl (C=O) groups excluding carboxylic acids is 2. The van der Waals surface area contributed by atoms with Gasteiger partial charge in [0.15, 0.2) is 6.04 Å². The predicted octanol–water partition coefficient (Wildman–Crippen LogP) is 4.58. The Morgan fingerprint density at radius 1 is 1.13 bits per heavy atom. The number of amides is 1. The normalized spacial score (nSPS) is 15.9. The Morgan fingerprint density at radius 2 is 1.90 bits per heavy atom. The Bertz CT molecular complexity index is 931. The molecular formula is C24H29NO5. The molecule has 0 aliphatic carbocycles. The molecule has 1 atom stereocenters. The first kappa shape index (κ1) is 21.7. The standard InChI is InChI=1S/C24H29NO5/c1-16-7-6-8-17(13-16)15-29-19-9-10-20-18(14-19)11-12-25(21(20)22(26)28-5)23(27)30-24(2,3)4/h6-10,13-14,21H,11-12,15H2,1-5H3/t21-/m1/s1. The van der Waals surface area contributed by atoms with Crippen molar-refractivity contribution in [1.82, 2.24) is 4.90 Å². The van der Waals surface area contributed by atoms with Gasteiger partial charge in [0, 0.05) is 6.54 Å². The molecule has 0 saturated heterocycles. The molecule has 0 bridgehead atoms. The average Bonchev–Trinajstić information content (AvgIpc) is 2.69. The van der Waals surface area contributed by atoms with Crippen LogP contribution in [-0.4, -0.2) is 36.2 Å². The third kappa shape index (κ3) is 5.12. The van der Waals surface area contributed by atoms with Crippen LogP contribution in [0.5, 0.6) is 5.75 Å². The Hall–Kier alpha value is -3.02. The van der Waals surface area contributed by atoms with Crippen molar-refractivity contribution in [3.8, 4) is 5.75 Å². The number of benzene rings is 2. The minimum absolute atomic E-state index is 0.364. The molecule has 0 fully saturated rings. The highest BCUT2D eigenvalue weighted by Crippen LogP contribution is 2.34. The van der Waals surface area contributed by atoms with Gasteiger partial charge in [0.05, 0.1) is 7.11 Å². The van der Waals surface area contributed by atoms with Crippen LogP contribution in [0.25, 0.3) is 0 Å². The van der Waals surface area contributed by atoms with Crippen molar-refractivity contribution in [1.29, 1.82) is 0 Å². The number of nitrogens with zero attached hydrogens (tertiary/aromatic N) is 1. The zero-order chi connectivity index (χ0) is 21.9. The SMILES string of the molecule is COC(=O)[C@H]1c2ccc(OCc3cccc(C)c3)cc2CCN1C(=O)OC(C)(C)C. The van der Waals surface area contributed by atoms with Crippen LogP contribution in [0.3, 0.4) is 0 Å². The summed E-state index contributed by atoms with van der Waals surface area (Å²) >= 11 is 0. The van der Waals surface area contributed by atoms with E-state index in [-0.39, 0.29) is 0 Å². The van der Waals surface area contributed by atoms with E-state index in [1.807, 2.05) is 43.3 Å². The Balaban J connectivity index is 1.81. The molecule has 0 radical (unpaired) electrons. The van der Waals surface area contributed by atoms with Gasteiger partial charge < -0.3 is 14.2 Å². The lowest BCUT2D eigenvalue weighted by Crippen LogP contribution is -2.46. The summed E-state index contributed by atoms with van der Waals surface area (Å²) in [5.41, 5.74) is 3.33. The quantitative estimate of drug-likeness (QED) is 0.689. The van der Waals surface area contributed by atoms with Crippen molar-refractivity contribution >= 4 is 12.1 Å². The van der Waals surface area contributed by atoms with Gasteiger partial charge in [-0.2, -0.15) is 0 Å². The summed E-state index contributed by atoms with van der Waals surface area (Å²) in [5, 5.41) is 0.